The van der Waals surface area contributed by atoms with Gasteiger partial charge in [0.1, 0.15) is 0 Å². The van der Waals surface area contributed by atoms with E-state index in [4.69, 9.17) is 33.3 Å². The summed E-state index contributed by atoms with van der Waals surface area (Å²) in [6.07, 6.45) is 2.58. The van der Waals surface area contributed by atoms with Gasteiger partial charge in [-0.3, -0.25) is 15.0 Å². The molecule has 0 atom stereocenters. The van der Waals surface area contributed by atoms with Gasteiger partial charge >= 0.3 is 0 Å². The lowest BCUT2D eigenvalue weighted by molar-refractivity contribution is -0.123. The largest absolute Gasteiger partial charge is 0.493 e. The van der Waals surface area contributed by atoms with Crippen molar-refractivity contribution in [1.82, 2.24) is 10.4 Å². The van der Waals surface area contributed by atoms with Crippen LogP contribution in [-0.2, 0) is 4.79 Å². The van der Waals surface area contributed by atoms with E-state index in [0.29, 0.717) is 33.6 Å². The maximum atomic E-state index is 12.8. The van der Waals surface area contributed by atoms with Gasteiger partial charge in [-0.05, 0) is 66.7 Å². The zero-order valence-corrected chi connectivity index (χ0v) is 18.7. The molecule has 0 radical (unpaired) electrons. The van der Waals surface area contributed by atoms with Gasteiger partial charge in [-0.1, -0.05) is 36.4 Å². The van der Waals surface area contributed by atoms with Crippen LogP contribution in [0.25, 0.3) is 6.08 Å². The molecule has 0 unspecified atom stereocenters. The van der Waals surface area contributed by atoms with E-state index in [2.05, 4.69) is 5.43 Å². The highest BCUT2D eigenvalue weighted by molar-refractivity contribution is 8.26. The Morgan fingerprint density at radius 1 is 1.23 bits per heavy atom. The molecule has 1 fully saturated rings. The van der Waals surface area contributed by atoms with Crippen molar-refractivity contribution < 1.29 is 19.1 Å². The Balaban J connectivity index is 1.76. The van der Waals surface area contributed by atoms with Crippen molar-refractivity contribution in [2.75, 3.05) is 13.7 Å². The minimum absolute atomic E-state index is 0.239. The van der Waals surface area contributed by atoms with Crippen LogP contribution in [0.15, 0.2) is 47.4 Å². The number of halogens is 1. The van der Waals surface area contributed by atoms with Crippen LogP contribution < -0.4 is 14.9 Å². The summed E-state index contributed by atoms with van der Waals surface area (Å²) in [5.41, 5.74) is 3.65. The molecule has 0 aliphatic carbocycles. The van der Waals surface area contributed by atoms with E-state index >= 15 is 0 Å². The Hall–Kier alpha value is -2.55. The molecule has 1 N–H and O–H groups in total. The molecule has 1 aliphatic heterocycles. The summed E-state index contributed by atoms with van der Waals surface area (Å²) in [5.74, 6) is 0.351. The molecule has 3 rings (SSSR count). The molecule has 156 valence electrons. The SMILES string of the molecule is CCCOc1ccc(/C=C2\SC(=S)N(NC(=O)c3ccc(Cl)cc3)C2=O)cc1OC. The standard InChI is InChI=1S/C21H19ClN2O4S2/c1-3-10-28-16-9-4-13(11-17(16)27-2)12-18-20(26)24(21(29)30-18)23-19(25)14-5-7-15(22)8-6-14/h4-9,11-12H,3,10H2,1-2H3,(H,23,25)/b18-12-. The first-order valence-corrected chi connectivity index (χ1v) is 10.7. The van der Waals surface area contributed by atoms with Gasteiger partial charge in [-0.15, -0.1) is 0 Å². The zero-order valence-electron chi connectivity index (χ0n) is 16.3. The Morgan fingerprint density at radius 2 is 1.97 bits per heavy atom. The molecule has 0 spiro atoms. The summed E-state index contributed by atoms with van der Waals surface area (Å²) in [5, 5.41) is 1.58. The molecule has 0 aromatic heterocycles. The average molecular weight is 463 g/mol. The molecular formula is C21H19ClN2O4S2. The molecular weight excluding hydrogens is 444 g/mol. The Labute approximate surface area is 189 Å². The van der Waals surface area contributed by atoms with Crippen molar-refractivity contribution in [3.63, 3.8) is 0 Å². The summed E-state index contributed by atoms with van der Waals surface area (Å²) in [6, 6.07) is 11.7. The number of ether oxygens (including phenoxy) is 2. The monoisotopic (exact) mass is 462 g/mol. The van der Waals surface area contributed by atoms with Crippen LogP contribution in [0.5, 0.6) is 11.5 Å². The Kier molecular flexibility index (Phi) is 7.36. The number of amides is 2. The highest BCUT2D eigenvalue weighted by atomic mass is 35.5. The number of nitrogens with zero attached hydrogens (tertiary/aromatic N) is 1. The minimum atomic E-state index is -0.455. The third-order valence-electron chi connectivity index (χ3n) is 4.06. The predicted molar refractivity (Wildman–Crippen MR) is 123 cm³/mol. The van der Waals surface area contributed by atoms with Gasteiger partial charge in [0.15, 0.2) is 15.8 Å². The molecule has 0 bridgehead atoms. The van der Waals surface area contributed by atoms with E-state index in [9.17, 15) is 9.59 Å². The average Bonchev–Trinajstić information content (AvgIpc) is 3.00. The van der Waals surface area contributed by atoms with Crippen molar-refractivity contribution in [3.05, 3.63) is 63.5 Å². The second-order valence-corrected chi connectivity index (χ2v) is 8.34. The lowest BCUT2D eigenvalue weighted by atomic mass is 10.2. The van der Waals surface area contributed by atoms with Gasteiger partial charge in [0.05, 0.1) is 18.6 Å². The molecule has 2 aromatic rings. The smallest absolute Gasteiger partial charge is 0.285 e. The van der Waals surface area contributed by atoms with Crippen LogP contribution >= 0.6 is 35.6 Å². The first-order valence-electron chi connectivity index (χ1n) is 9.08. The number of thioether (sulfide) groups is 1. The van der Waals surface area contributed by atoms with E-state index in [0.717, 1.165) is 28.8 Å². The summed E-state index contributed by atoms with van der Waals surface area (Å²) in [7, 11) is 1.56. The molecule has 1 saturated heterocycles. The number of nitrogens with one attached hydrogen (secondary N) is 1. The van der Waals surface area contributed by atoms with Gasteiger partial charge in [0, 0.05) is 10.6 Å². The lowest BCUT2D eigenvalue weighted by Gasteiger charge is -2.15. The maximum absolute atomic E-state index is 12.8. The first kappa shape index (κ1) is 22.1. The van der Waals surface area contributed by atoms with Crippen molar-refractivity contribution in [3.8, 4) is 11.5 Å². The maximum Gasteiger partial charge on any atom is 0.285 e. The van der Waals surface area contributed by atoms with Crippen molar-refractivity contribution in [1.29, 1.82) is 0 Å². The van der Waals surface area contributed by atoms with E-state index in [1.165, 1.54) is 0 Å². The molecule has 6 nitrogen and oxygen atoms in total. The van der Waals surface area contributed by atoms with Crippen molar-refractivity contribution in [2.45, 2.75) is 13.3 Å². The summed E-state index contributed by atoms with van der Waals surface area (Å²) < 4.78 is 11.3. The van der Waals surface area contributed by atoms with Crippen molar-refractivity contribution in [2.24, 2.45) is 0 Å². The number of methoxy groups -OCH3 is 1. The molecule has 1 heterocycles. The van der Waals surface area contributed by atoms with Gasteiger partial charge < -0.3 is 9.47 Å². The van der Waals surface area contributed by atoms with E-state index in [1.807, 2.05) is 13.0 Å². The fourth-order valence-corrected chi connectivity index (χ4v) is 3.89. The quantitative estimate of drug-likeness (QED) is 0.476. The molecule has 9 heteroatoms. The summed E-state index contributed by atoms with van der Waals surface area (Å²) in [6.45, 7) is 2.61. The second-order valence-electron chi connectivity index (χ2n) is 6.22. The highest BCUT2D eigenvalue weighted by Crippen LogP contribution is 2.34. The van der Waals surface area contributed by atoms with E-state index in [1.54, 1.807) is 49.6 Å². The number of thiocarbonyl (C=S) groups is 1. The molecule has 2 amide bonds. The predicted octanol–water partition coefficient (Wildman–Crippen LogP) is 4.68. The molecule has 0 saturated carbocycles. The van der Waals surface area contributed by atoms with Gasteiger partial charge in [-0.2, -0.15) is 5.01 Å². The number of carbonyl (C=O) groups is 2. The zero-order chi connectivity index (χ0) is 21.7. The van der Waals surface area contributed by atoms with Crippen LogP contribution in [0.4, 0.5) is 0 Å². The van der Waals surface area contributed by atoms with Gasteiger partial charge in [0.2, 0.25) is 0 Å². The molecule has 2 aromatic carbocycles. The number of hydrazine groups is 1. The van der Waals surface area contributed by atoms with Crippen molar-refractivity contribution >= 4 is 57.8 Å². The third-order valence-corrected chi connectivity index (χ3v) is 5.61. The van der Waals surface area contributed by atoms with Crippen LogP contribution in [0.1, 0.15) is 29.3 Å². The number of hydrogen-bond donors (Lipinski definition) is 1. The Morgan fingerprint density at radius 3 is 2.63 bits per heavy atom. The lowest BCUT2D eigenvalue weighted by Crippen LogP contribution is -2.44. The third kappa shape index (κ3) is 5.13. The van der Waals surface area contributed by atoms with Crippen LogP contribution in [0.3, 0.4) is 0 Å². The van der Waals surface area contributed by atoms with Crippen LogP contribution in [0.2, 0.25) is 5.02 Å². The molecule has 1 aliphatic rings. The fourth-order valence-electron chi connectivity index (χ4n) is 2.59. The normalized spacial score (nSPS) is 14.9. The molecule has 30 heavy (non-hydrogen) atoms. The number of hydrogen-bond acceptors (Lipinski definition) is 6. The Bertz CT molecular complexity index is 1010. The second kappa shape index (κ2) is 9.97. The highest BCUT2D eigenvalue weighted by Gasteiger charge is 2.33. The summed E-state index contributed by atoms with van der Waals surface area (Å²) in [4.78, 5) is 25.6. The van der Waals surface area contributed by atoms with E-state index in [-0.39, 0.29) is 4.32 Å². The van der Waals surface area contributed by atoms with Gasteiger partial charge in [0.25, 0.3) is 11.8 Å². The number of carbonyl (C=O) groups excluding carboxylic acids is 2. The topological polar surface area (TPSA) is 67.9 Å². The fraction of sp³-hybridized carbons (Fsp3) is 0.190. The minimum Gasteiger partial charge on any atom is -0.493 e. The number of benzene rings is 2. The van der Waals surface area contributed by atoms with E-state index < -0.39 is 11.8 Å². The summed E-state index contributed by atoms with van der Waals surface area (Å²) >= 11 is 12.2. The van der Waals surface area contributed by atoms with Crippen LogP contribution in [0, 0.1) is 0 Å². The van der Waals surface area contributed by atoms with Crippen LogP contribution in [-0.4, -0.2) is 34.9 Å². The number of rotatable bonds is 7. The van der Waals surface area contributed by atoms with Gasteiger partial charge in [-0.25, -0.2) is 0 Å². The first-order chi connectivity index (χ1) is 14.4.